The molecule has 1 saturated carbocycles. The molecule has 2 fully saturated rings. The highest BCUT2D eigenvalue weighted by atomic mass is 16.5. The van der Waals surface area contributed by atoms with Gasteiger partial charge in [0.1, 0.15) is 5.75 Å². The summed E-state index contributed by atoms with van der Waals surface area (Å²) < 4.78 is 10.7. The molecule has 5 rings (SSSR count). The molecule has 0 N–H and O–H groups in total. The zero-order valence-corrected chi connectivity index (χ0v) is 17.7. The Bertz CT molecular complexity index is 1050. The highest BCUT2D eigenvalue weighted by molar-refractivity contribution is 5.94. The molecule has 1 amide bonds. The van der Waals surface area contributed by atoms with Crippen LogP contribution in [0.4, 0.5) is 5.69 Å². The summed E-state index contributed by atoms with van der Waals surface area (Å²) in [5.74, 6) is 2.61. The van der Waals surface area contributed by atoms with Gasteiger partial charge in [0.05, 0.1) is 7.11 Å². The van der Waals surface area contributed by atoms with E-state index >= 15 is 0 Å². The molecule has 7 nitrogen and oxygen atoms in total. The highest BCUT2D eigenvalue weighted by Gasteiger charge is 2.26. The van der Waals surface area contributed by atoms with E-state index in [0.29, 0.717) is 36.1 Å². The second kappa shape index (κ2) is 8.41. The van der Waals surface area contributed by atoms with E-state index in [9.17, 15) is 4.79 Å². The molecular weight excluding hydrogens is 392 g/mol. The number of carbonyl (C=O) groups is 1. The lowest BCUT2D eigenvalue weighted by atomic mass is 9.85. The Morgan fingerprint density at radius 1 is 1.06 bits per heavy atom. The Balaban J connectivity index is 1.20. The molecule has 0 unspecified atom stereocenters. The van der Waals surface area contributed by atoms with Gasteiger partial charge in [-0.1, -0.05) is 17.6 Å². The van der Waals surface area contributed by atoms with Gasteiger partial charge in [-0.05, 0) is 55.3 Å². The van der Waals surface area contributed by atoms with Crippen molar-refractivity contribution in [1.29, 1.82) is 0 Å². The summed E-state index contributed by atoms with van der Waals surface area (Å²) >= 11 is 0. The van der Waals surface area contributed by atoms with Crippen LogP contribution in [-0.4, -0.2) is 54.2 Å². The Kier molecular flexibility index (Phi) is 5.32. The van der Waals surface area contributed by atoms with Crippen molar-refractivity contribution in [3.8, 4) is 17.1 Å². The van der Waals surface area contributed by atoms with Crippen LogP contribution in [0.1, 0.15) is 41.4 Å². The predicted octanol–water partition coefficient (Wildman–Crippen LogP) is 3.98. The lowest BCUT2D eigenvalue weighted by molar-refractivity contribution is 0.0746. The summed E-state index contributed by atoms with van der Waals surface area (Å²) in [5, 5.41) is 4.15. The molecule has 160 valence electrons. The second-order valence-electron chi connectivity index (χ2n) is 8.14. The average Bonchev–Trinajstić information content (AvgIpc) is 3.27. The minimum Gasteiger partial charge on any atom is -0.497 e. The normalized spacial score (nSPS) is 16.8. The molecule has 1 aromatic heterocycles. The monoisotopic (exact) mass is 418 g/mol. The average molecular weight is 418 g/mol. The van der Waals surface area contributed by atoms with Crippen molar-refractivity contribution in [2.45, 2.75) is 25.2 Å². The van der Waals surface area contributed by atoms with Crippen LogP contribution in [0.15, 0.2) is 53.1 Å². The van der Waals surface area contributed by atoms with Crippen molar-refractivity contribution in [2.75, 3.05) is 38.2 Å². The third-order valence-electron chi connectivity index (χ3n) is 6.27. The van der Waals surface area contributed by atoms with Crippen LogP contribution in [-0.2, 0) is 0 Å². The van der Waals surface area contributed by atoms with Crippen LogP contribution in [0.25, 0.3) is 11.4 Å². The molecule has 3 aromatic rings. The van der Waals surface area contributed by atoms with E-state index in [-0.39, 0.29) is 5.91 Å². The van der Waals surface area contributed by atoms with E-state index in [1.807, 2.05) is 35.2 Å². The number of nitrogens with zero attached hydrogens (tertiary/aromatic N) is 4. The number of piperazine rings is 1. The Morgan fingerprint density at radius 3 is 2.52 bits per heavy atom. The Hall–Kier alpha value is -3.35. The molecule has 2 aliphatic rings. The SMILES string of the molecule is COc1cccc(C(=O)N2CCN(c3ccc(-c4noc(C5CCC5)n4)cc3)CC2)c1. The zero-order chi connectivity index (χ0) is 21.2. The van der Waals surface area contributed by atoms with Gasteiger partial charge in [0, 0.05) is 48.9 Å². The first-order valence-corrected chi connectivity index (χ1v) is 10.8. The number of ether oxygens (including phenoxy) is 1. The number of amides is 1. The van der Waals surface area contributed by atoms with Crippen molar-refractivity contribution in [2.24, 2.45) is 0 Å². The number of anilines is 1. The van der Waals surface area contributed by atoms with E-state index in [1.54, 1.807) is 13.2 Å². The van der Waals surface area contributed by atoms with E-state index in [0.717, 1.165) is 43.1 Å². The zero-order valence-electron chi connectivity index (χ0n) is 17.7. The van der Waals surface area contributed by atoms with Crippen LogP contribution in [0.3, 0.4) is 0 Å². The highest BCUT2D eigenvalue weighted by Crippen LogP contribution is 2.36. The first-order valence-electron chi connectivity index (χ1n) is 10.8. The fourth-order valence-corrected chi connectivity index (χ4v) is 4.10. The molecule has 0 spiro atoms. The van der Waals surface area contributed by atoms with E-state index in [1.165, 1.54) is 6.42 Å². The summed E-state index contributed by atoms with van der Waals surface area (Å²) in [5.41, 5.74) is 2.77. The summed E-state index contributed by atoms with van der Waals surface area (Å²) in [6.07, 6.45) is 3.54. The maximum Gasteiger partial charge on any atom is 0.254 e. The number of rotatable bonds is 5. The topological polar surface area (TPSA) is 71.7 Å². The first kappa shape index (κ1) is 19.6. The third kappa shape index (κ3) is 4.00. The number of benzene rings is 2. The van der Waals surface area contributed by atoms with Crippen LogP contribution in [0, 0.1) is 0 Å². The summed E-state index contributed by atoms with van der Waals surface area (Å²) in [6, 6.07) is 15.6. The summed E-state index contributed by atoms with van der Waals surface area (Å²) in [7, 11) is 1.61. The largest absolute Gasteiger partial charge is 0.497 e. The molecule has 2 aromatic carbocycles. The maximum absolute atomic E-state index is 12.8. The van der Waals surface area contributed by atoms with Gasteiger partial charge in [0.2, 0.25) is 11.7 Å². The molecule has 31 heavy (non-hydrogen) atoms. The van der Waals surface area contributed by atoms with Crippen LogP contribution >= 0.6 is 0 Å². The van der Waals surface area contributed by atoms with Crippen LogP contribution < -0.4 is 9.64 Å². The van der Waals surface area contributed by atoms with Crippen molar-refractivity contribution in [1.82, 2.24) is 15.0 Å². The standard InChI is InChI=1S/C24H26N4O3/c1-30-21-7-3-6-19(16-21)24(29)28-14-12-27(13-15-28)20-10-8-17(9-11-20)22-25-23(31-26-22)18-4-2-5-18/h3,6-11,16,18H,2,4-5,12-15H2,1H3. The number of aromatic nitrogens is 2. The molecule has 2 heterocycles. The number of carbonyl (C=O) groups excluding carboxylic acids is 1. The third-order valence-corrected chi connectivity index (χ3v) is 6.27. The van der Waals surface area contributed by atoms with Gasteiger partial charge in [-0.2, -0.15) is 4.98 Å². The molecule has 1 aliphatic carbocycles. The minimum absolute atomic E-state index is 0.0493. The quantitative estimate of drug-likeness (QED) is 0.624. The summed E-state index contributed by atoms with van der Waals surface area (Å²) in [6.45, 7) is 2.97. The van der Waals surface area contributed by atoms with Crippen molar-refractivity contribution >= 4 is 11.6 Å². The van der Waals surface area contributed by atoms with E-state index in [2.05, 4.69) is 27.2 Å². The van der Waals surface area contributed by atoms with Crippen molar-refractivity contribution < 1.29 is 14.1 Å². The molecule has 0 radical (unpaired) electrons. The minimum atomic E-state index is 0.0493. The van der Waals surface area contributed by atoms with Gasteiger partial charge in [0.25, 0.3) is 5.91 Å². The number of hydrogen-bond acceptors (Lipinski definition) is 6. The van der Waals surface area contributed by atoms with Gasteiger partial charge < -0.3 is 19.1 Å². The molecule has 1 aliphatic heterocycles. The lowest BCUT2D eigenvalue weighted by Crippen LogP contribution is -2.48. The predicted molar refractivity (Wildman–Crippen MR) is 117 cm³/mol. The van der Waals surface area contributed by atoms with Gasteiger partial charge in [-0.25, -0.2) is 0 Å². The lowest BCUT2D eigenvalue weighted by Gasteiger charge is -2.36. The van der Waals surface area contributed by atoms with E-state index < -0.39 is 0 Å². The fraction of sp³-hybridized carbons (Fsp3) is 0.375. The van der Waals surface area contributed by atoms with Gasteiger partial charge in [-0.3, -0.25) is 4.79 Å². The van der Waals surface area contributed by atoms with Gasteiger partial charge in [0.15, 0.2) is 0 Å². The van der Waals surface area contributed by atoms with Crippen LogP contribution in [0.2, 0.25) is 0 Å². The van der Waals surface area contributed by atoms with E-state index in [4.69, 9.17) is 9.26 Å². The van der Waals surface area contributed by atoms with Gasteiger partial charge >= 0.3 is 0 Å². The van der Waals surface area contributed by atoms with Crippen molar-refractivity contribution in [3.05, 3.63) is 60.0 Å². The smallest absolute Gasteiger partial charge is 0.254 e. The van der Waals surface area contributed by atoms with Gasteiger partial charge in [-0.15, -0.1) is 0 Å². The molecule has 1 saturated heterocycles. The Labute approximate surface area is 181 Å². The molecule has 7 heteroatoms. The maximum atomic E-state index is 12.8. The Morgan fingerprint density at radius 2 is 1.84 bits per heavy atom. The molecule has 0 atom stereocenters. The summed E-state index contributed by atoms with van der Waals surface area (Å²) in [4.78, 5) is 21.6. The molecule has 0 bridgehead atoms. The van der Waals surface area contributed by atoms with Crippen LogP contribution in [0.5, 0.6) is 5.75 Å². The number of hydrogen-bond donors (Lipinski definition) is 0. The second-order valence-corrected chi connectivity index (χ2v) is 8.14. The van der Waals surface area contributed by atoms with Crippen molar-refractivity contribution in [3.63, 3.8) is 0 Å². The molecular formula is C24H26N4O3. The number of methoxy groups -OCH3 is 1. The first-order chi connectivity index (χ1) is 15.2. The fourth-order valence-electron chi connectivity index (χ4n) is 4.10.